The van der Waals surface area contributed by atoms with E-state index in [1.54, 1.807) is 0 Å². The summed E-state index contributed by atoms with van der Waals surface area (Å²) in [5.74, 6) is -2.07. The minimum absolute atomic E-state index is 0.0443. The van der Waals surface area contributed by atoms with Gasteiger partial charge in [-0.2, -0.15) is 0 Å². The Morgan fingerprint density at radius 2 is 1.92 bits per heavy atom. The second-order valence-electron chi connectivity index (χ2n) is 6.32. The van der Waals surface area contributed by atoms with Crippen molar-refractivity contribution in [2.24, 2.45) is 0 Å². The number of amides is 1. The Labute approximate surface area is 155 Å². The number of hydrogen-bond acceptors (Lipinski definition) is 5. The number of hydrogen-bond donors (Lipinski definition) is 1. The lowest BCUT2D eigenvalue weighted by Crippen LogP contribution is -2.35. The molecular formula is C19H19FN2O3S. The molecule has 5 nitrogen and oxygen atoms in total. The highest BCUT2D eigenvalue weighted by atomic mass is 32.1. The lowest BCUT2D eigenvalue weighted by Gasteiger charge is -2.25. The predicted molar refractivity (Wildman–Crippen MR) is 98.3 cm³/mol. The topological polar surface area (TPSA) is 60.9 Å². The van der Waals surface area contributed by atoms with Gasteiger partial charge in [-0.15, -0.1) is 11.3 Å². The second kappa shape index (κ2) is 7.39. The highest BCUT2D eigenvalue weighted by Gasteiger charge is 2.46. The SMILES string of the molecule is CN(C)CCN1C(=O)C(=O)/C(=C(/O)c2ccc(F)cc2)C1c1cccs1. The zero-order valence-electron chi connectivity index (χ0n) is 14.5. The van der Waals surface area contributed by atoms with E-state index >= 15 is 0 Å². The molecule has 1 amide bonds. The van der Waals surface area contributed by atoms with E-state index in [0.717, 1.165) is 4.88 Å². The van der Waals surface area contributed by atoms with E-state index in [2.05, 4.69) is 0 Å². The fraction of sp³-hybridized carbons (Fsp3) is 0.263. The Hall–Kier alpha value is -2.51. The van der Waals surface area contributed by atoms with E-state index < -0.39 is 23.5 Å². The van der Waals surface area contributed by atoms with Crippen LogP contribution < -0.4 is 0 Å². The van der Waals surface area contributed by atoms with Crippen molar-refractivity contribution in [3.63, 3.8) is 0 Å². The summed E-state index contributed by atoms with van der Waals surface area (Å²) < 4.78 is 13.2. The van der Waals surface area contributed by atoms with Gasteiger partial charge in [0.15, 0.2) is 0 Å². The molecule has 2 aromatic rings. The van der Waals surface area contributed by atoms with Crippen molar-refractivity contribution in [2.75, 3.05) is 27.2 Å². The quantitative estimate of drug-likeness (QED) is 0.497. The van der Waals surface area contributed by atoms with Gasteiger partial charge in [0.25, 0.3) is 11.7 Å². The maximum atomic E-state index is 13.2. The van der Waals surface area contributed by atoms with Crippen LogP contribution in [0.25, 0.3) is 5.76 Å². The summed E-state index contributed by atoms with van der Waals surface area (Å²) in [6.45, 7) is 0.950. The molecule has 1 N–H and O–H groups in total. The Morgan fingerprint density at radius 3 is 2.50 bits per heavy atom. The van der Waals surface area contributed by atoms with Gasteiger partial charge in [0.05, 0.1) is 11.6 Å². The van der Waals surface area contributed by atoms with E-state index in [1.165, 1.54) is 40.5 Å². The zero-order valence-corrected chi connectivity index (χ0v) is 15.3. The third-order valence-corrected chi connectivity index (χ3v) is 5.18. The summed E-state index contributed by atoms with van der Waals surface area (Å²) in [4.78, 5) is 29.4. The molecule has 136 valence electrons. The molecule has 1 aromatic heterocycles. The number of nitrogens with zero attached hydrogens (tertiary/aromatic N) is 2. The summed E-state index contributed by atoms with van der Waals surface area (Å²) >= 11 is 1.42. The molecule has 0 spiro atoms. The maximum absolute atomic E-state index is 13.2. The Bertz CT molecular complexity index is 844. The first-order valence-corrected chi connectivity index (χ1v) is 9.00. The number of carbonyl (C=O) groups is 2. The van der Waals surface area contributed by atoms with E-state index in [-0.39, 0.29) is 11.3 Å². The average Bonchev–Trinajstić information content (AvgIpc) is 3.21. The number of likely N-dealkylation sites (tertiary alicyclic amines) is 1. The fourth-order valence-electron chi connectivity index (χ4n) is 2.92. The first-order chi connectivity index (χ1) is 12.4. The molecule has 2 heterocycles. The Kier molecular flexibility index (Phi) is 5.20. The van der Waals surface area contributed by atoms with Gasteiger partial charge in [-0.25, -0.2) is 4.39 Å². The molecule has 1 aliphatic rings. The lowest BCUT2D eigenvalue weighted by atomic mass is 10.00. The van der Waals surface area contributed by atoms with Crippen LogP contribution in [-0.2, 0) is 9.59 Å². The first-order valence-electron chi connectivity index (χ1n) is 8.12. The van der Waals surface area contributed by atoms with Gasteiger partial charge >= 0.3 is 0 Å². The first kappa shape index (κ1) is 18.3. The third-order valence-electron chi connectivity index (χ3n) is 4.26. The van der Waals surface area contributed by atoms with Crippen molar-refractivity contribution in [3.05, 3.63) is 63.6 Å². The predicted octanol–water partition coefficient (Wildman–Crippen LogP) is 2.87. The molecule has 1 unspecified atom stereocenters. The summed E-state index contributed by atoms with van der Waals surface area (Å²) in [5, 5.41) is 12.6. The highest BCUT2D eigenvalue weighted by Crippen LogP contribution is 2.40. The maximum Gasteiger partial charge on any atom is 0.295 e. The van der Waals surface area contributed by atoms with Gasteiger partial charge in [-0.3, -0.25) is 9.59 Å². The number of aliphatic hydroxyl groups is 1. The van der Waals surface area contributed by atoms with E-state index in [0.29, 0.717) is 18.7 Å². The number of ketones is 1. The lowest BCUT2D eigenvalue weighted by molar-refractivity contribution is -0.140. The van der Waals surface area contributed by atoms with Crippen molar-refractivity contribution in [3.8, 4) is 0 Å². The number of likely N-dealkylation sites (N-methyl/N-ethyl adjacent to an activating group) is 1. The molecule has 3 rings (SSSR count). The molecule has 1 saturated heterocycles. The Morgan fingerprint density at radius 1 is 1.23 bits per heavy atom. The molecule has 0 saturated carbocycles. The van der Waals surface area contributed by atoms with Crippen LogP contribution in [0.2, 0.25) is 0 Å². The van der Waals surface area contributed by atoms with Gasteiger partial charge in [-0.05, 0) is 49.8 Å². The normalized spacial score (nSPS) is 19.5. The molecule has 7 heteroatoms. The largest absolute Gasteiger partial charge is 0.507 e. The van der Waals surface area contributed by atoms with Gasteiger partial charge in [0.2, 0.25) is 0 Å². The summed E-state index contributed by atoms with van der Waals surface area (Å²) in [6, 6.07) is 8.23. The summed E-state index contributed by atoms with van der Waals surface area (Å²) in [5.41, 5.74) is 0.348. The minimum Gasteiger partial charge on any atom is -0.507 e. The molecule has 26 heavy (non-hydrogen) atoms. The van der Waals surface area contributed by atoms with Crippen molar-refractivity contribution in [1.82, 2.24) is 9.80 Å². The smallest absolute Gasteiger partial charge is 0.295 e. The molecular weight excluding hydrogens is 355 g/mol. The van der Waals surface area contributed by atoms with E-state index in [4.69, 9.17) is 0 Å². The second-order valence-corrected chi connectivity index (χ2v) is 7.30. The number of Topliss-reactive ketones (excluding diaryl/α,β-unsaturated/α-hetero) is 1. The standard InChI is InChI=1S/C19H19FN2O3S/c1-21(2)9-10-22-16(14-4-3-11-26-14)15(18(24)19(22)25)17(23)12-5-7-13(20)8-6-12/h3-8,11,16,23H,9-10H2,1-2H3/b17-15+. The highest BCUT2D eigenvalue weighted by molar-refractivity contribution is 7.10. The zero-order chi connectivity index (χ0) is 18.8. The van der Waals surface area contributed by atoms with Crippen molar-refractivity contribution in [1.29, 1.82) is 0 Å². The van der Waals surface area contributed by atoms with Gasteiger partial charge in [0, 0.05) is 23.5 Å². The monoisotopic (exact) mass is 374 g/mol. The van der Waals surface area contributed by atoms with Crippen LogP contribution in [0.5, 0.6) is 0 Å². The van der Waals surface area contributed by atoms with Crippen molar-refractivity contribution < 1.29 is 19.1 Å². The number of thiophene rings is 1. The molecule has 0 radical (unpaired) electrons. The molecule has 1 fully saturated rings. The molecule has 0 aliphatic carbocycles. The van der Waals surface area contributed by atoms with Crippen LogP contribution in [0.1, 0.15) is 16.5 Å². The number of aliphatic hydroxyl groups excluding tert-OH is 1. The van der Waals surface area contributed by atoms with E-state index in [1.807, 2.05) is 36.5 Å². The number of rotatable bonds is 5. The van der Waals surface area contributed by atoms with Crippen LogP contribution in [0.15, 0.2) is 47.4 Å². The molecule has 1 aliphatic heterocycles. The average molecular weight is 374 g/mol. The van der Waals surface area contributed by atoms with Crippen molar-refractivity contribution >= 4 is 28.8 Å². The van der Waals surface area contributed by atoms with Gasteiger partial charge in [-0.1, -0.05) is 6.07 Å². The molecule has 0 bridgehead atoms. The van der Waals surface area contributed by atoms with Gasteiger partial charge < -0.3 is 14.9 Å². The van der Waals surface area contributed by atoms with Crippen LogP contribution in [0.4, 0.5) is 4.39 Å². The number of halogens is 1. The molecule has 1 atom stereocenters. The van der Waals surface area contributed by atoms with Crippen LogP contribution >= 0.6 is 11.3 Å². The third kappa shape index (κ3) is 3.40. The minimum atomic E-state index is -0.719. The number of benzene rings is 1. The summed E-state index contributed by atoms with van der Waals surface area (Å²) in [7, 11) is 3.77. The van der Waals surface area contributed by atoms with Crippen LogP contribution in [0.3, 0.4) is 0 Å². The Balaban J connectivity index is 2.09. The molecule has 1 aromatic carbocycles. The van der Waals surface area contributed by atoms with Crippen LogP contribution in [-0.4, -0.2) is 53.8 Å². The van der Waals surface area contributed by atoms with Crippen molar-refractivity contribution in [2.45, 2.75) is 6.04 Å². The van der Waals surface area contributed by atoms with E-state index in [9.17, 15) is 19.1 Å². The van der Waals surface area contributed by atoms with Crippen LogP contribution in [0, 0.1) is 5.82 Å². The fourth-order valence-corrected chi connectivity index (χ4v) is 3.77. The number of carbonyl (C=O) groups excluding carboxylic acids is 2. The van der Waals surface area contributed by atoms with Gasteiger partial charge in [0.1, 0.15) is 11.6 Å². The summed E-state index contributed by atoms with van der Waals surface area (Å²) in [6.07, 6.45) is 0.